The molecular weight excluding hydrogens is 212 g/mol. The Morgan fingerprint density at radius 2 is 1.82 bits per heavy atom. The van der Waals surface area contributed by atoms with Crippen LogP contribution in [0.15, 0.2) is 12.1 Å². The minimum Gasteiger partial charge on any atom is -0.496 e. The molecule has 0 spiro atoms. The lowest BCUT2D eigenvalue weighted by Crippen LogP contribution is -2.32. The molecule has 0 aliphatic heterocycles. The van der Waals surface area contributed by atoms with Crippen LogP contribution >= 0.6 is 0 Å². The van der Waals surface area contributed by atoms with Gasteiger partial charge in [-0.2, -0.15) is 0 Å². The van der Waals surface area contributed by atoms with Gasteiger partial charge in [-0.25, -0.2) is 0 Å². The summed E-state index contributed by atoms with van der Waals surface area (Å²) in [7, 11) is 1.68. The maximum absolute atomic E-state index is 10.8. The summed E-state index contributed by atoms with van der Waals surface area (Å²) >= 11 is 0. The first kappa shape index (κ1) is 14.0. The van der Waals surface area contributed by atoms with Crippen LogP contribution in [0.25, 0.3) is 0 Å². The average molecular weight is 236 g/mol. The summed E-state index contributed by atoms with van der Waals surface area (Å²) < 4.78 is 5.31. The van der Waals surface area contributed by atoms with Crippen molar-refractivity contribution in [2.75, 3.05) is 7.11 Å². The standard InChI is InChI=1S/C15H24O2/c1-7-15(16,10(2)3)13-8-12(5)14(17-6)9-11(13)4/h8-10,16H,7H2,1-6H3. The van der Waals surface area contributed by atoms with Crippen LogP contribution in [0.4, 0.5) is 0 Å². The Bertz CT molecular complexity index is 396. The number of hydrogen-bond acceptors (Lipinski definition) is 2. The first-order valence-corrected chi connectivity index (χ1v) is 6.24. The molecule has 2 heteroatoms. The van der Waals surface area contributed by atoms with Gasteiger partial charge in [-0.1, -0.05) is 20.8 Å². The van der Waals surface area contributed by atoms with Crippen LogP contribution in [0.3, 0.4) is 0 Å². The van der Waals surface area contributed by atoms with E-state index in [1.165, 1.54) is 0 Å². The number of aryl methyl sites for hydroxylation is 2. The van der Waals surface area contributed by atoms with Gasteiger partial charge >= 0.3 is 0 Å². The minimum absolute atomic E-state index is 0.194. The van der Waals surface area contributed by atoms with Crippen molar-refractivity contribution in [1.29, 1.82) is 0 Å². The highest BCUT2D eigenvalue weighted by Crippen LogP contribution is 2.37. The zero-order chi connectivity index (χ0) is 13.2. The quantitative estimate of drug-likeness (QED) is 0.866. The largest absolute Gasteiger partial charge is 0.496 e. The number of benzene rings is 1. The molecule has 0 amide bonds. The summed E-state index contributed by atoms with van der Waals surface area (Å²) in [6.45, 7) is 10.2. The molecule has 2 nitrogen and oxygen atoms in total. The Morgan fingerprint density at radius 1 is 1.24 bits per heavy atom. The Labute approximate surface area is 105 Å². The van der Waals surface area contributed by atoms with E-state index in [0.717, 1.165) is 28.9 Å². The third kappa shape index (κ3) is 2.47. The second-order valence-corrected chi connectivity index (χ2v) is 5.07. The Balaban J connectivity index is 3.36. The molecule has 1 N–H and O–H groups in total. The molecular formula is C15H24O2. The molecule has 0 saturated heterocycles. The van der Waals surface area contributed by atoms with E-state index in [1.54, 1.807) is 7.11 Å². The van der Waals surface area contributed by atoms with Gasteiger partial charge in [0.05, 0.1) is 12.7 Å². The molecule has 0 aliphatic rings. The first-order chi connectivity index (χ1) is 7.86. The van der Waals surface area contributed by atoms with E-state index in [9.17, 15) is 5.11 Å². The lowest BCUT2D eigenvalue weighted by molar-refractivity contribution is -0.0146. The van der Waals surface area contributed by atoms with Gasteiger partial charge in [-0.05, 0) is 55.0 Å². The van der Waals surface area contributed by atoms with Crippen molar-refractivity contribution >= 4 is 0 Å². The number of ether oxygens (including phenoxy) is 1. The summed E-state index contributed by atoms with van der Waals surface area (Å²) in [6, 6.07) is 4.06. The van der Waals surface area contributed by atoms with Crippen molar-refractivity contribution in [1.82, 2.24) is 0 Å². The van der Waals surface area contributed by atoms with E-state index in [4.69, 9.17) is 4.74 Å². The average Bonchev–Trinajstić information content (AvgIpc) is 2.30. The van der Waals surface area contributed by atoms with Gasteiger partial charge in [0, 0.05) is 0 Å². The van der Waals surface area contributed by atoms with E-state index in [-0.39, 0.29) is 5.92 Å². The van der Waals surface area contributed by atoms with Crippen molar-refractivity contribution in [2.45, 2.75) is 46.6 Å². The zero-order valence-electron chi connectivity index (χ0n) is 11.8. The fraction of sp³-hybridized carbons (Fsp3) is 0.600. The van der Waals surface area contributed by atoms with Gasteiger partial charge < -0.3 is 9.84 Å². The van der Waals surface area contributed by atoms with Gasteiger partial charge in [0.1, 0.15) is 5.75 Å². The highest BCUT2D eigenvalue weighted by atomic mass is 16.5. The summed E-state index contributed by atoms with van der Waals surface area (Å²) in [5.41, 5.74) is 2.43. The molecule has 0 aromatic heterocycles. The van der Waals surface area contributed by atoms with Crippen LogP contribution in [0, 0.1) is 19.8 Å². The third-order valence-corrected chi connectivity index (χ3v) is 3.70. The van der Waals surface area contributed by atoms with Crippen LogP contribution in [0.1, 0.15) is 43.9 Å². The monoisotopic (exact) mass is 236 g/mol. The van der Waals surface area contributed by atoms with Crippen molar-refractivity contribution in [3.8, 4) is 5.75 Å². The minimum atomic E-state index is -0.749. The maximum Gasteiger partial charge on any atom is 0.122 e. The van der Waals surface area contributed by atoms with Crippen LogP contribution < -0.4 is 4.74 Å². The smallest absolute Gasteiger partial charge is 0.122 e. The van der Waals surface area contributed by atoms with E-state index in [2.05, 4.69) is 19.9 Å². The van der Waals surface area contributed by atoms with Gasteiger partial charge in [0.15, 0.2) is 0 Å². The number of methoxy groups -OCH3 is 1. The molecule has 96 valence electrons. The molecule has 1 unspecified atom stereocenters. The topological polar surface area (TPSA) is 29.5 Å². The fourth-order valence-corrected chi connectivity index (χ4v) is 2.39. The lowest BCUT2D eigenvalue weighted by Gasteiger charge is -2.33. The molecule has 0 saturated carbocycles. The molecule has 1 atom stereocenters. The van der Waals surface area contributed by atoms with Crippen molar-refractivity contribution in [3.63, 3.8) is 0 Å². The molecule has 17 heavy (non-hydrogen) atoms. The summed E-state index contributed by atoms with van der Waals surface area (Å²) in [5.74, 6) is 1.08. The zero-order valence-corrected chi connectivity index (χ0v) is 11.8. The van der Waals surface area contributed by atoms with Gasteiger partial charge in [-0.3, -0.25) is 0 Å². The van der Waals surface area contributed by atoms with Crippen LogP contribution in [0.5, 0.6) is 5.75 Å². The maximum atomic E-state index is 10.8. The van der Waals surface area contributed by atoms with E-state index in [0.29, 0.717) is 0 Å². The van der Waals surface area contributed by atoms with E-state index < -0.39 is 5.60 Å². The normalized spacial score (nSPS) is 14.8. The Kier molecular flexibility index (Phi) is 4.21. The highest BCUT2D eigenvalue weighted by molar-refractivity contribution is 5.44. The van der Waals surface area contributed by atoms with E-state index in [1.807, 2.05) is 26.8 Å². The van der Waals surface area contributed by atoms with E-state index >= 15 is 0 Å². The van der Waals surface area contributed by atoms with Crippen molar-refractivity contribution in [3.05, 3.63) is 28.8 Å². The Morgan fingerprint density at radius 3 is 2.24 bits per heavy atom. The second kappa shape index (κ2) is 5.09. The second-order valence-electron chi connectivity index (χ2n) is 5.07. The van der Waals surface area contributed by atoms with Gasteiger partial charge in [0.2, 0.25) is 0 Å². The SMILES string of the molecule is CCC(O)(c1cc(C)c(OC)cc1C)C(C)C. The molecule has 0 heterocycles. The third-order valence-electron chi connectivity index (χ3n) is 3.70. The number of hydrogen-bond donors (Lipinski definition) is 1. The van der Waals surface area contributed by atoms with Crippen LogP contribution in [-0.4, -0.2) is 12.2 Å². The molecule has 1 aromatic carbocycles. The first-order valence-electron chi connectivity index (χ1n) is 6.24. The molecule has 0 bridgehead atoms. The fourth-order valence-electron chi connectivity index (χ4n) is 2.39. The number of rotatable bonds is 4. The van der Waals surface area contributed by atoms with Gasteiger partial charge in [0.25, 0.3) is 0 Å². The lowest BCUT2D eigenvalue weighted by atomic mass is 9.78. The molecule has 0 fully saturated rings. The van der Waals surface area contributed by atoms with Crippen molar-refractivity contribution < 1.29 is 9.84 Å². The van der Waals surface area contributed by atoms with Gasteiger partial charge in [-0.15, -0.1) is 0 Å². The predicted octanol–water partition coefficient (Wildman–Crippen LogP) is 3.57. The molecule has 1 rings (SSSR count). The van der Waals surface area contributed by atoms with Crippen LogP contribution in [-0.2, 0) is 5.60 Å². The molecule has 1 aromatic rings. The van der Waals surface area contributed by atoms with Crippen LogP contribution in [0.2, 0.25) is 0 Å². The Hall–Kier alpha value is -1.02. The number of aliphatic hydroxyl groups is 1. The highest BCUT2D eigenvalue weighted by Gasteiger charge is 2.32. The molecule has 0 radical (unpaired) electrons. The predicted molar refractivity (Wildman–Crippen MR) is 71.5 cm³/mol. The van der Waals surface area contributed by atoms with Crippen molar-refractivity contribution in [2.24, 2.45) is 5.92 Å². The molecule has 0 aliphatic carbocycles. The summed E-state index contributed by atoms with van der Waals surface area (Å²) in [5, 5.41) is 10.8. The summed E-state index contributed by atoms with van der Waals surface area (Å²) in [6.07, 6.45) is 0.720. The summed E-state index contributed by atoms with van der Waals surface area (Å²) in [4.78, 5) is 0.